The fourth-order valence-electron chi connectivity index (χ4n) is 1.86. The first kappa shape index (κ1) is 10.6. The van der Waals surface area contributed by atoms with Crippen LogP contribution in [0.4, 0.5) is 0 Å². The molecule has 2 rings (SSSR count). The van der Waals surface area contributed by atoms with Gasteiger partial charge in [-0.05, 0) is 6.42 Å². The zero-order chi connectivity index (χ0) is 10.7. The van der Waals surface area contributed by atoms with E-state index in [9.17, 15) is 9.59 Å². The summed E-state index contributed by atoms with van der Waals surface area (Å²) in [6.45, 7) is 2.20. The van der Waals surface area contributed by atoms with E-state index in [-0.39, 0.29) is 18.2 Å². The van der Waals surface area contributed by atoms with E-state index in [1.54, 1.807) is 4.90 Å². The fraction of sp³-hybridized carbons (Fsp3) is 0.800. The largest absolute Gasteiger partial charge is 0.376 e. The normalized spacial score (nSPS) is 27.9. The molecule has 2 aliphatic rings. The Balaban J connectivity index is 1.90. The number of hydrogen-bond acceptors (Lipinski definition) is 4. The fourth-order valence-corrected chi connectivity index (χ4v) is 1.86. The Morgan fingerprint density at radius 1 is 1.40 bits per heavy atom. The van der Waals surface area contributed by atoms with Gasteiger partial charge in [0.05, 0.1) is 26.4 Å². The van der Waals surface area contributed by atoms with Crippen molar-refractivity contribution in [3.05, 3.63) is 0 Å². The highest BCUT2D eigenvalue weighted by molar-refractivity contribution is 5.89. The van der Waals surface area contributed by atoms with Crippen LogP contribution in [0.1, 0.15) is 12.8 Å². The maximum Gasteiger partial charge on any atom is 0.254 e. The number of rotatable bonds is 1. The van der Waals surface area contributed by atoms with Crippen LogP contribution in [-0.4, -0.2) is 55.6 Å². The maximum absolute atomic E-state index is 11.9. The van der Waals surface area contributed by atoms with Crippen LogP contribution in [0.5, 0.6) is 0 Å². The molecule has 2 heterocycles. The number of hydrogen-bond donors (Lipinski definition) is 0. The number of likely N-dealkylation sites (tertiary alicyclic amines) is 1. The second kappa shape index (κ2) is 4.72. The van der Waals surface area contributed by atoms with Crippen LogP contribution >= 0.6 is 0 Å². The lowest BCUT2D eigenvalue weighted by Crippen LogP contribution is -2.49. The molecule has 1 amide bonds. The summed E-state index contributed by atoms with van der Waals surface area (Å²) in [6, 6.07) is 0. The Hall–Kier alpha value is -0.940. The molecule has 0 aromatic carbocycles. The summed E-state index contributed by atoms with van der Waals surface area (Å²) in [5.41, 5.74) is 0. The van der Waals surface area contributed by atoms with Crippen molar-refractivity contribution in [2.24, 2.45) is 0 Å². The first-order valence-electron chi connectivity index (χ1n) is 5.27. The number of piperidine rings is 1. The first-order chi connectivity index (χ1) is 7.27. The minimum absolute atomic E-state index is 0.109. The van der Waals surface area contributed by atoms with Crippen molar-refractivity contribution in [1.29, 1.82) is 0 Å². The summed E-state index contributed by atoms with van der Waals surface area (Å²) < 4.78 is 10.5. The van der Waals surface area contributed by atoms with Gasteiger partial charge in [0.2, 0.25) is 0 Å². The second-order valence-corrected chi connectivity index (χ2v) is 3.84. The van der Waals surface area contributed by atoms with Gasteiger partial charge < -0.3 is 14.4 Å². The molecule has 5 nitrogen and oxygen atoms in total. The summed E-state index contributed by atoms with van der Waals surface area (Å²) in [6.07, 6.45) is 0.842. The quantitative estimate of drug-likeness (QED) is 0.594. The Kier molecular flexibility index (Phi) is 3.33. The van der Waals surface area contributed by atoms with E-state index in [0.717, 1.165) is 6.42 Å². The van der Waals surface area contributed by atoms with Crippen molar-refractivity contribution in [3.63, 3.8) is 0 Å². The topological polar surface area (TPSA) is 55.8 Å². The van der Waals surface area contributed by atoms with Crippen LogP contribution in [0.2, 0.25) is 0 Å². The molecule has 2 fully saturated rings. The van der Waals surface area contributed by atoms with E-state index < -0.39 is 6.10 Å². The number of carbonyl (C=O) groups excluding carboxylic acids is 2. The van der Waals surface area contributed by atoms with Crippen LogP contribution in [0.15, 0.2) is 0 Å². The van der Waals surface area contributed by atoms with Crippen molar-refractivity contribution in [2.75, 3.05) is 32.9 Å². The average Bonchev–Trinajstić information content (AvgIpc) is 2.29. The molecule has 1 atom stereocenters. The number of amides is 1. The molecule has 15 heavy (non-hydrogen) atoms. The zero-order valence-electron chi connectivity index (χ0n) is 8.61. The van der Waals surface area contributed by atoms with E-state index in [4.69, 9.17) is 9.47 Å². The van der Waals surface area contributed by atoms with Gasteiger partial charge in [-0.25, -0.2) is 0 Å². The highest BCUT2D eigenvalue weighted by Gasteiger charge is 2.30. The number of Topliss-reactive ketones (excluding diaryl/α,β-unsaturated/α-hetero) is 1. The summed E-state index contributed by atoms with van der Waals surface area (Å²) in [4.78, 5) is 24.6. The van der Waals surface area contributed by atoms with Gasteiger partial charge in [0.1, 0.15) is 0 Å². The molecule has 0 radical (unpaired) electrons. The van der Waals surface area contributed by atoms with Crippen LogP contribution in [-0.2, 0) is 19.1 Å². The molecule has 1 unspecified atom stereocenters. The summed E-state index contributed by atoms with van der Waals surface area (Å²) in [7, 11) is 0. The summed E-state index contributed by atoms with van der Waals surface area (Å²) in [5, 5.41) is 0. The number of ketones is 1. The van der Waals surface area contributed by atoms with Gasteiger partial charge in [-0.1, -0.05) is 0 Å². The average molecular weight is 213 g/mol. The molecule has 0 N–H and O–H groups in total. The molecule has 0 aromatic heterocycles. The van der Waals surface area contributed by atoms with Crippen molar-refractivity contribution >= 4 is 11.7 Å². The Morgan fingerprint density at radius 2 is 2.27 bits per heavy atom. The Morgan fingerprint density at radius 3 is 2.93 bits per heavy atom. The second-order valence-electron chi connectivity index (χ2n) is 3.84. The number of nitrogens with zero attached hydrogens (tertiary/aromatic N) is 1. The van der Waals surface area contributed by atoms with E-state index in [1.807, 2.05) is 0 Å². The lowest BCUT2D eigenvalue weighted by atomic mass is 10.1. The number of carbonyl (C=O) groups is 2. The van der Waals surface area contributed by atoms with Gasteiger partial charge >= 0.3 is 0 Å². The van der Waals surface area contributed by atoms with Crippen LogP contribution in [0, 0.1) is 0 Å². The van der Waals surface area contributed by atoms with Crippen LogP contribution < -0.4 is 0 Å². The van der Waals surface area contributed by atoms with Crippen molar-refractivity contribution in [3.8, 4) is 0 Å². The van der Waals surface area contributed by atoms with Gasteiger partial charge in [-0.3, -0.25) is 9.59 Å². The molecular weight excluding hydrogens is 198 g/mol. The molecule has 5 heteroatoms. The van der Waals surface area contributed by atoms with Gasteiger partial charge in [-0.2, -0.15) is 0 Å². The monoisotopic (exact) mass is 213 g/mol. The highest BCUT2D eigenvalue weighted by atomic mass is 16.6. The predicted octanol–water partition coefficient (Wildman–Crippen LogP) is -0.407. The van der Waals surface area contributed by atoms with Gasteiger partial charge in [0.25, 0.3) is 5.91 Å². The SMILES string of the molecule is O=C1CCCN(C(=O)C2COCCO2)C1. The van der Waals surface area contributed by atoms with Crippen molar-refractivity contribution < 1.29 is 19.1 Å². The lowest BCUT2D eigenvalue weighted by molar-refractivity contribution is -0.160. The molecular formula is C10H15NO4. The minimum atomic E-state index is -0.510. The number of ether oxygens (including phenoxy) is 2. The summed E-state index contributed by atoms with van der Waals surface area (Å²) >= 11 is 0. The lowest BCUT2D eigenvalue weighted by Gasteiger charge is -2.31. The third-order valence-corrected chi connectivity index (χ3v) is 2.65. The van der Waals surface area contributed by atoms with Crippen molar-refractivity contribution in [2.45, 2.75) is 18.9 Å². The Bertz CT molecular complexity index is 260. The molecule has 2 saturated heterocycles. The van der Waals surface area contributed by atoms with E-state index in [2.05, 4.69) is 0 Å². The van der Waals surface area contributed by atoms with Gasteiger partial charge in [-0.15, -0.1) is 0 Å². The molecule has 0 spiro atoms. The molecule has 0 bridgehead atoms. The maximum atomic E-state index is 11.9. The van der Waals surface area contributed by atoms with E-state index in [1.165, 1.54) is 0 Å². The van der Waals surface area contributed by atoms with E-state index >= 15 is 0 Å². The minimum Gasteiger partial charge on any atom is -0.376 e. The predicted molar refractivity (Wildman–Crippen MR) is 51.4 cm³/mol. The zero-order valence-corrected chi connectivity index (χ0v) is 8.61. The van der Waals surface area contributed by atoms with Crippen LogP contribution in [0.3, 0.4) is 0 Å². The molecule has 2 aliphatic heterocycles. The van der Waals surface area contributed by atoms with Gasteiger partial charge in [0.15, 0.2) is 11.9 Å². The van der Waals surface area contributed by atoms with Gasteiger partial charge in [0, 0.05) is 13.0 Å². The Labute approximate surface area is 88.3 Å². The molecule has 0 aromatic rings. The van der Waals surface area contributed by atoms with Crippen LogP contribution in [0.25, 0.3) is 0 Å². The molecule has 0 saturated carbocycles. The third kappa shape index (κ3) is 2.54. The molecule has 0 aliphatic carbocycles. The van der Waals surface area contributed by atoms with Crippen molar-refractivity contribution in [1.82, 2.24) is 4.90 Å². The molecule has 84 valence electrons. The van der Waals surface area contributed by atoms with E-state index in [0.29, 0.717) is 32.8 Å². The highest BCUT2D eigenvalue weighted by Crippen LogP contribution is 2.11. The standard InChI is InChI=1S/C10H15NO4/c12-8-2-1-3-11(6-8)10(13)9-7-14-4-5-15-9/h9H,1-7H2. The third-order valence-electron chi connectivity index (χ3n) is 2.65. The smallest absolute Gasteiger partial charge is 0.254 e. The summed E-state index contributed by atoms with van der Waals surface area (Å²) in [5.74, 6) is 0.0223. The first-order valence-corrected chi connectivity index (χ1v) is 5.27.